The van der Waals surface area contributed by atoms with E-state index in [0.29, 0.717) is 29.8 Å². The minimum atomic E-state index is -0.586. The third-order valence-corrected chi connectivity index (χ3v) is 5.98. The van der Waals surface area contributed by atoms with E-state index in [2.05, 4.69) is 16.0 Å². The van der Waals surface area contributed by atoms with Crippen molar-refractivity contribution in [3.63, 3.8) is 0 Å². The van der Waals surface area contributed by atoms with Gasteiger partial charge in [-0.15, -0.1) is 0 Å². The van der Waals surface area contributed by atoms with Gasteiger partial charge in [-0.25, -0.2) is 0 Å². The van der Waals surface area contributed by atoms with Gasteiger partial charge >= 0.3 is 0 Å². The number of hydrogen-bond acceptors (Lipinski definition) is 7. The Balaban J connectivity index is 1.97. The zero-order chi connectivity index (χ0) is 24.5. The number of benzene rings is 2. The van der Waals surface area contributed by atoms with Gasteiger partial charge in [0.25, 0.3) is 0 Å². The van der Waals surface area contributed by atoms with E-state index in [1.54, 1.807) is 6.07 Å². The highest BCUT2D eigenvalue weighted by Gasteiger charge is 2.24. The number of phenols is 4. The zero-order valence-corrected chi connectivity index (χ0v) is 19.1. The zero-order valence-electron chi connectivity index (χ0n) is 19.1. The van der Waals surface area contributed by atoms with Gasteiger partial charge in [0.2, 0.25) is 11.8 Å². The fourth-order valence-electron chi connectivity index (χ4n) is 4.10. The molecule has 0 unspecified atom stereocenters. The highest BCUT2D eigenvalue weighted by molar-refractivity contribution is 5.78. The molecule has 1 aliphatic rings. The maximum atomic E-state index is 12.8. The van der Waals surface area contributed by atoms with Gasteiger partial charge in [0, 0.05) is 31.8 Å². The first kappa shape index (κ1) is 25.2. The van der Waals surface area contributed by atoms with Crippen molar-refractivity contribution in [2.75, 3.05) is 26.2 Å². The molecule has 0 aromatic heterocycles. The first-order valence-corrected chi connectivity index (χ1v) is 11.7. The lowest BCUT2D eigenvalue weighted by molar-refractivity contribution is -0.122. The number of rotatable bonds is 1. The van der Waals surface area contributed by atoms with E-state index in [1.807, 2.05) is 0 Å². The smallest absolute Gasteiger partial charge is 0.220 e. The van der Waals surface area contributed by atoms with Crippen LogP contribution in [0.3, 0.4) is 0 Å². The number of aryl methyl sites for hydroxylation is 1. The van der Waals surface area contributed by atoms with Gasteiger partial charge in [-0.1, -0.05) is 6.07 Å². The van der Waals surface area contributed by atoms with Gasteiger partial charge in [-0.3, -0.25) is 9.59 Å². The van der Waals surface area contributed by atoms with E-state index < -0.39 is 5.92 Å². The maximum Gasteiger partial charge on any atom is 0.220 e. The number of amides is 2. The predicted molar refractivity (Wildman–Crippen MR) is 127 cm³/mol. The van der Waals surface area contributed by atoms with Gasteiger partial charge in [-0.05, 0) is 79.7 Å². The van der Waals surface area contributed by atoms with Crippen molar-refractivity contribution in [3.05, 3.63) is 47.0 Å². The lowest BCUT2D eigenvalue weighted by Crippen LogP contribution is -2.29. The van der Waals surface area contributed by atoms with Crippen molar-refractivity contribution in [3.8, 4) is 23.0 Å². The van der Waals surface area contributed by atoms with E-state index in [0.717, 1.165) is 32.4 Å². The van der Waals surface area contributed by atoms with Crippen LogP contribution in [0.1, 0.15) is 54.7 Å². The molecule has 34 heavy (non-hydrogen) atoms. The topological polar surface area (TPSA) is 151 Å². The fourth-order valence-corrected chi connectivity index (χ4v) is 4.10. The van der Waals surface area contributed by atoms with E-state index in [9.17, 15) is 30.0 Å². The van der Waals surface area contributed by atoms with Crippen LogP contribution >= 0.6 is 0 Å². The van der Waals surface area contributed by atoms with Crippen LogP contribution in [0, 0.1) is 0 Å². The molecule has 0 fully saturated rings. The molecule has 0 radical (unpaired) electrons. The largest absolute Gasteiger partial charge is 0.504 e. The van der Waals surface area contributed by atoms with Crippen LogP contribution < -0.4 is 16.0 Å². The molecule has 1 heterocycles. The number of fused-ring (bicyclic) bond motifs is 1. The molecular weight excluding hydrogens is 438 g/mol. The van der Waals surface area contributed by atoms with Gasteiger partial charge in [-0.2, -0.15) is 0 Å². The number of phenolic OH excluding ortho intramolecular Hbond substituents is 4. The molecule has 0 spiro atoms. The highest BCUT2D eigenvalue weighted by atomic mass is 16.3. The maximum absolute atomic E-state index is 12.8. The van der Waals surface area contributed by atoms with Gasteiger partial charge < -0.3 is 36.4 Å². The second-order valence-corrected chi connectivity index (χ2v) is 8.56. The molecule has 7 N–H and O–H groups in total. The standard InChI is InChI=1S/C25H33N3O6/c29-20-6-4-16(12-21(20)30)19-15-25(34)28-10-2-1-8-26-9-3-11-27-24(33)7-5-17-13-22(31)23(32)14-18(17)19/h4,6,12-14,19,26,29-32H,1-3,5,7-11,15H2,(H,27,33)(H,28,34)/t19-/m0/s1. The van der Waals surface area contributed by atoms with Crippen molar-refractivity contribution in [2.45, 2.75) is 44.4 Å². The Kier molecular flexibility index (Phi) is 8.98. The minimum absolute atomic E-state index is 0.0197. The van der Waals surface area contributed by atoms with E-state index in [4.69, 9.17) is 0 Å². The summed E-state index contributed by atoms with van der Waals surface area (Å²) < 4.78 is 0. The number of carbonyl (C=O) groups is 2. The molecule has 1 atom stereocenters. The van der Waals surface area contributed by atoms with Crippen molar-refractivity contribution in [1.29, 1.82) is 0 Å². The third-order valence-electron chi connectivity index (χ3n) is 5.98. The van der Waals surface area contributed by atoms with Crippen molar-refractivity contribution < 1.29 is 30.0 Å². The quantitative estimate of drug-likeness (QED) is 0.314. The Morgan fingerprint density at radius 3 is 2.12 bits per heavy atom. The monoisotopic (exact) mass is 471 g/mol. The summed E-state index contributed by atoms with van der Waals surface area (Å²) in [6.45, 7) is 2.71. The van der Waals surface area contributed by atoms with Crippen LogP contribution in [-0.4, -0.2) is 58.4 Å². The number of nitrogens with one attached hydrogen (secondary N) is 3. The van der Waals surface area contributed by atoms with Crippen molar-refractivity contribution in [1.82, 2.24) is 16.0 Å². The summed E-state index contributed by atoms with van der Waals surface area (Å²) in [5.74, 6) is -2.19. The summed E-state index contributed by atoms with van der Waals surface area (Å²) in [4.78, 5) is 25.2. The average molecular weight is 472 g/mol. The summed E-state index contributed by atoms with van der Waals surface area (Å²) in [6.07, 6.45) is 3.00. The van der Waals surface area contributed by atoms with Crippen LogP contribution in [0.5, 0.6) is 23.0 Å². The number of aromatic hydroxyl groups is 4. The predicted octanol–water partition coefficient (Wildman–Crippen LogP) is 1.97. The van der Waals surface area contributed by atoms with Crippen LogP contribution in [0.15, 0.2) is 30.3 Å². The number of carbonyl (C=O) groups excluding carboxylic acids is 2. The van der Waals surface area contributed by atoms with Crippen molar-refractivity contribution >= 4 is 11.8 Å². The molecule has 3 rings (SSSR count). The third kappa shape index (κ3) is 7.02. The van der Waals surface area contributed by atoms with E-state index in [1.165, 1.54) is 24.3 Å². The molecule has 2 aromatic rings. The van der Waals surface area contributed by atoms with Crippen molar-refractivity contribution in [2.24, 2.45) is 0 Å². The average Bonchev–Trinajstić information content (AvgIpc) is 2.80. The number of hydrogen-bond donors (Lipinski definition) is 7. The SMILES string of the molecule is O=C1CCc2cc(O)c(O)cc2[C@H](c2ccc(O)c(O)c2)CC(=O)NCCCCNCCCN1. The fraction of sp³-hybridized carbons (Fsp3) is 0.440. The molecule has 0 aliphatic carbocycles. The Labute approximate surface area is 198 Å². The summed E-state index contributed by atoms with van der Waals surface area (Å²) in [5.41, 5.74) is 1.73. The van der Waals surface area contributed by atoms with E-state index >= 15 is 0 Å². The van der Waals surface area contributed by atoms with Crippen LogP contribution in [-0.2, 0) is 16.0 Å². The summed E-state index contributed by atoms with van der Waals surface area (Å²) in [7, 11) is 0. The van der Waals surface area contributed by atoms with Crippen LogP contribution in [0.25, 0.3) is 0 Å². The lowest BCUT2D eigenvalue weighted by Gasteiger charge is -2.22. The second kappa shape index (κ2) is 12.1. The molecule has 184 valence electrons. The summed E-state index contributed by atoms with van der Waals surface area (Å²) >= 11 is 0. The molecule has 2 aromatic carbocycles. The molecule has 0 bridgehead atoms. The molecular formula is C25H33N3O6. The molecule has 0 saturated carbocycles. The Hall–Kier alpha value is -3.46. The second-order valence-electron chi connectivity index (χ2n) is 8.56. The summed E-state index contributed by atoms with van der Waals surface area (Å²) in [5, 5.41) is 49.3. The van der Waals surface area contributed by atoms with Crippen LogP contribution in [0.4, 0.5) is 0 Å². The summed E-state index contributed by atoms with van der Waals surface area (Å²) in [6, 6.07) is 7.13. The van der Waals surface area contributed by atoms with Gasteiger partial charge in [0.15, 0.2) is 23.0 Å². The Morgan fingerprint density at radius 2 is 1.32 bits per heavy atom. The highest BCUT2D eigenvalue weighted by Crippen LogP contribution is 2.39. The van der Waals surface area contributed by atoms with Gasteiger partial charge in [0.1, 0.15) is 0 Å². The normalized spacial score (nSPS) is 19.2. The van der Waals surface area contributed by atoms with E-state index in [-0.39, 0.29) is 54.1 Å². The molecule has 1 aliphatic heterocycles. The Bertz CT molecular complexity index is 1010. The lowest BCUT2D eigenvalue weighted by atomic mass is 9.83. The van der Waals surface area contributed by atoms with Crippen LogP contribution in [0.2, 0.25) is 0 Å². The molecule has 0 saturated heterocycles. The Morgan fingerprint density at radius 1 is 0.676 bits per heavy atom. The van der Waals surface area contributed by atoms with Gasteiger partial charge in [0.05, 0.1) is 0 Å². The first-order valence-electron chi connectivity index (χ1n) is 11.7. The first-order chi connectivity index (χ1) is 16.3. The molecule has 2 amide bonds. The minimum Gasteiger partial charge on any atom is -0.504 e. The molecule has 9 nitrogen and oxygen atoms in total. The molecule has 9 heteroatoms.